The maximum atomic E-state index is 14.1. The number of nitrogens with zero attached hydrogens (tertiary/aromatic N) is 3. The minimum atomic E-state index is -0.383. The number of aliphatic imine (C=N–C) groups is 1. The van der Waals surface area contributed by atoms with Gasteiger partial charge in [0.1, 0.15) is 11.5 Å². The van der Waals surface area contributed by atoms with Crippen molar-refractivity contribution in [2.45, 2.75) is 38.1 Å². The number of carbonyl (C=O) groups is 1. The van der Waals surface area contributed by atoms with Crippen LogP contribution in [0.2, 0.25) is 0 Å². The summed E-state index contributed by atoms with van der Waals surface area (Å²) in [5.74, 6) is -0.433. The third-order valence-electron chi connectivity index (χ3n) is 4.83. The molecule has 2 aromatic rings. The molecule has 0 spiro atoms. The molecule has 1 aliphatic carbocycles. The predicted octanol–water partition coefficient (Wildman–Crippen LogP) is 5.16. The van der Waals surface area contributed by atoms with Gasteiger partial charge in [-0.25, -0.2) is 9.38 Å². The van der Waals surface area contributed by atoms with Gasteiger partial charge in [-0.2, -0.15) is 0 Å². The lowest BCUT2D eigenvalue weighted by molar-refractivity contribution is -0.124. The molecular formula is C21H20FN3OS. The summed E-state index contributed by atoms with van der Waals surface area (Å²) >= 11 is 1.31. The number of thioether (sulfide) groups is 1. The van der Waals surface area contributed by atoms with Crippen LogP contribution in [0.5, 0.6) is 0 Å². The zero-order valence-electron chi connectivity index (χ0n) is 14.8. The summed E-state index contributed by atoms with van der Waals surface area (Å²) in [6, 6.07) is 10.3. The lowest BCUT2D eigenvalue weighted by Gasteiger charge is -2.30. The van der Waals surface area contributed by atoms with Crippen LogP contribution in [0.15, 0.2) is 58.7 Å². The zero-order chi connectivity index (χ0) is 18.6. The molecule has 1 aromatic carbocycles. The zero-order valence-corrected chi connectivity index (χ0v) is 15.7. The number of pyridine rings is 1. The average molecular weight is 381 g/mol. The van der Waals surface area contributed by atoms with Crippen molar-refractivity contribution >= 4 is 34.6 Å². The standard InChI is InChI=1S/C21H20FN3OS/c22-17-10-4-5-11-18(17)24-21-25(16-8-2-1-3-9-16)20(26)19(27-21)13-15-7-6-12-23-14-15/h4-7,10-14,16H,1-3,8-9H2/b19-13-,24-21?. The molecule has 1 saturated heterocycles. The number of hydrogen-bond acceptors (Lipinski definition) is 4. The number of para-hydroxylation sites is 1. The Morgan fingerprint density at radius 2 is 1.96 bits per heavy atom. The summed E-state index contributed by atoms with van der Waals surface area (Å²) in [5.41, 5.74) is 1.13. The Hall–Kier alpha value is -2.47. The summed E-state index contributed by atoms with van der Waals surface area (Å²) < 4.78 is 14.1. The van der Waals surface area contributed by atoms with Gasteiger partial charge in [-0.05, 0) is 54.4 Å². The Bertz CT molecular complexity index is 891. The molecule has 0 radical (unpaired) electrons. The number of rotatable bonds is 3. The molecule has 1 saturated carbocycles. The van der Waals surface area contributed by atoms with E-state index in [1.165, 1.54) is 24.2 Å². The van der Waals surface area contributed by atoms with Crippen LogP contribution < -0.4 is 0 Å². The van der Waals surface area contributed by atoms with Crippen LogP contribution in [0.1, 0.15) is 37.7 Å². The van der Waals surface area contributed by atoms with Crippen LogP contribution >= 0.6 is 11.8 Å². The normalized spacial score (nSPS) is 21.4. The van der Waals surface area contributed by atoms with E-state index >= 15 is 0 Å². The fraction of sp³-hybridized carbons (Fsp3) is 0.286. The molecule has 27 heavy (non-hydrogen) atoms. The van der Waals surface area contributed by atoms with Crippen molar-refractivity contribution < 1.29 is 9.18 Å². The monoisotopic (exact) mass is 381 g/mol. The SMILES string of the molecule is O=C1/C(=C/c2cccnc2)SC(=Nc2ccccc2F)N1C1CCCCC1. The van der Waals surface area contributed by atoms with E-state index in [2.05, 4.69) is 9.98 Å². The summed E-state index contributed by atoms with van der Waals surface area (Å²) in [7, 11) is 0. The van der Waals surface area contributed by atoms with Crippen LogP contribution in [-0.2, 0) is 4.79 Å². The number of carbonyl (C=O) groups excluding carboxylic acids is 1. The van der Waals surface area contributed by atoms with E-state index in [-0.39, 0.29) is 23.5 Å². The Morgan fingerprint density at radius 3 is 2.70 bits per heavy atom. The molecular weight excluding hydrogens is 361 g/mol. The molecule has 0 unspecified atom stereocenters. The minimum absolute atomic E-state index is 0.0501. The summed E-state index contributed by atoms with van der Waals surface area (Å²) in [6.45, 7) is 0. The van der Waals surface area contributed by atoms with Crippen molar-refractivity contribution in [1.29, 1.82) is 0 Å². The van der Waals surface area contributed by atoms with Gasteiger partial charge in [0.25, 0.3) is 5.91 Å². The van der Waals surface area contributed by atoms with E-state index in [1.807, 2.05) is 18.2 Å². The number of hydrogen-bond donors (Lipinski definition) is 0. The van der Waals surface area contributed by atoms with E-state index in [1.54, 1.807) is 35.5 Å². The molecule has 1 amide bonds. The van der Waals surface area contributed by atoms with Crippen molar-refractivity contribution in [3.63, 3.8) is 0 Å². The Morgan fingerprint density at radius 1 is 1.15 bits per heavy atom. The first-order chi connectivity index (χ1) is 13.2. The van der Waals surface area contributed by atoms with Crippen LogP contribution in [0.4, 0.5) is 10.1 Å². The topological polar surface area (TPSA) is 45.6 Å². The maximum absolute atomic E-state index is 14.1. The quantitative estimate of drug-likeness (QED) is 0.690. The van der Waals surface area contributed by atoms with Gasteiger partial charge in [-0.3, -0.25) is 14.7 Å². The smallest absolute Gasteiger partial charge is 0.267 e. The van der Waals surface area contributed by atoms with Gasteiger partial charge in [0, 0.05) is 18.4 Å². The molecule has 2 heterocycles. The lowest BCUT2D eigenvalue weighted by Crippen LogP contribution is -2.40. The van der Waals surface area contributed by atoms with Crippen LogP contribution in [0, 0.1) is 5.82 Å². The first-order valence-electron chi connectivity index (χ1n) is 9.19. The highest BCUT2D eigenvalue weighted by molar-refractivity contribution is 8.18. The van der Waals surface area contributed by atoms with Crippen molar-refractivity contribution in [1.82, 2.24) is 9.88 Å². The number of halogens is 1. The molecule has 2 fully saturated rings. The molecule has 6 heteroatoms. The Balaban J connectivity index is 1.72. The van der Waals surface area contributed by atoms with E-state index < -0.39 is 0 Å². The highest BCUT2D eigenvalue weighted by Crippen LogP contribution is 2.38. The van der Waals surface area contributed by atoms with Crippen molar-refractivity contribution in [3.8, 4) is 0 Å². The maximum Gasteiger partial charge on any atom is 0.267 e. The van der Waals surface area contributed by atoms with E-state index in [4.69, 9.17) is 0 Å². The molecule has 0 atom stereocenters. The average Bonchev–Trinajstić information content (AvgIpc) is 3.00. The minimum Gasteiger partial charge on any atom is -0.283 e. The third-order valence-corrected chi connectivity index (χ3v) is 5.81. The van der Waals surface area contributed by atoms with Gasteiger partial charge < -0.3 is 0 Å². The van der Waals surface area contributed by atoms with Crippen molar-refractivity contribution in [3.05, 3.63) is 65.1 Å². The second-order valence-corrected chi connectivity index (χ2v) is 7.72. The molecule has 4 rings (SSSR count). The van der Waals surface area contributed by atoms with Crippen LogP contribution in [0.25, 0.3) is 6.08 Å². The van der Waals surface area contributed by atoms with Crippen LogP contribution in [0.3, 0.4) is 0 Å². The molecule has 1 aromatic heterocycles. The first-order valence-corrected chi connectivity index (χ1v) is 10.0. The van der Waals surface area contributed by atoms with Gasteiger partial charge in [0.15, 0.2) is 5.17 Å². The number of amidine groups is 1. The van der Waals surface area contributed by atoms with Crippen molar-refractivity contribution in [2.75, 3.05) is 0 Å². The number of benzene rings is 1. The van der Waals surface area contributed by atoms with E-state index in [9.17, 15) is 9.18 Å². The van der Waals surface area contributed by atoms with Gasteiger partial charge in [-0.15, -0.1) is 0 Å². The summed E-state index contributed by atoms with van der Waals surface area (Å²) in [6.07, 6.45) is 10.6. The molecule has 138 valence electrons. The van der Waals surface area contributed by atoms with Gasteiger partial charge in [0.05, 0.1) is 4.91 Å². The lowest BCUT2D eigenvalue weighted by atomic mass is 9.94. The molecule has 0 N–H and O–H groups in total. The highest BCUT2D eigenvalue weighted by Gasteiger charge is 2.38. The molecule has 1 aliphatic heterocycles. The van der Waals surface area contributed by atoms with Gasteiger partial charge >= 0.3 is 0 Å². The van der Waals surface area contributed by atoms with Gasteiger partial charge in [0.2, 0.25) is 0 Å². The Kier molecular flexibility index (Phi) is 5.34. The number of aromatic nitrogens is 1. The largest absolute Gasteiger partial charge is 0.283 e. The number of amides is 1. The van der Waals surface area contributed by atoms with Crippen LogP contribution in [-0.4, -0.2) is 27.0 Å². The molecule has 2 aliphatic rings. The third kappa shape index (κ3) is 3.95. The predicted molar refractivity (Wildman–Crippen MR) is 107 cm³/mol. The van der Waals surface area contributed by atoms with E-state index in [0.29, 0.717) is 10.1 Å². The second-order valence-electron chi connectivity index (χ2n) is 6.71. The second kappa shape index (κ2) is 8.05. The Labute approximate surface area is 162 Å². The first kappa shape index (κ1) is 17.9. The van der Waals surface area contributed by atoms with Gasteiger partial charge in [-0.1, -0.05) is 37.5 Å². The summed E-state index contributed by atoms with van der Waals surface area (Å²) in [4.78, 5) is 24.1. The fourth-order valence-electron chi connectivity index (χ4n) is 3.48. The molecule has 0 bridgehead atoms. The fourth-order valence-corrected chi connectivity index (χ4v) is 4.54. The van der Waals surface area contributed by atoms with E-state index in [0.717, 1.165) is 31.2 Å². The summed E-state index contributed by atoms with van der Waals surface area (Å²) in [5, 5.41) is 0.562. The van der Waals surface area contributed by atoms with Crippen molar-refractivity contribution in [2.24, 2.45) is 4.99 Å². The highest BCUT2D eigenvalue weighted by atomic mass is 32.2. The molecule has 4 nitrogen and oxygen atoms in total.